The molecule has 1 heteroatoms. The topological polar surface area (TPSA) is 0 Å². The van der Waals surface area contributed by atoms with Crippen molar-refractivity contribution in [3.8, 4) is 0 Å². The molecule has 0 aromatic rings. The van der Waals surface area contributed by atoms with Crippen molar-refractivity contribution in [3.63, 3.8) is 0 Å². The first kappa shape index (κ1) is 7.91. The van der Waals surface area contributed by atoms with Crippen LogP contribution in [0.5, 0.6) is 0 Å². The Balaban J connectivity index is 0.000000320. The first-order valence-electron chi connectivity index (χ1n) is 3.45. The third-order valence-electron chi connectivity index (χ3n) is 2.63. The Labute approximate surface area is 100 Å². The van der Waals surface area contributed by atoms with Gasteiger partial charge in [-0.25, -0.2) is 0 Å². The van der Waals surface area contributed by atoms with Crippen LogP contribution in [-0.2, 0) is 0 Å². The van der Waals surface area contributed by atoms with Crippen LogP contribution in [0.15, 0.2) is 0 Å². The van der Waals surface area contributed by atoms with Crippen LogP contribution in [0.4, 0.5) is 0 Å². The van der Waals surface area contributed by atoms with E-state index in [1.54, 1.807) is 32.1 Å². The van der Waals surface area contributed by atoms with Crippen molar-refractivity contribution in [2.45, 2.75) is 32.1 Å². The summed E-state index contributed by atoms with van der Waals surface area (Å²) in [5, 5.41) is 0. The molecule has 0 aliphatic heterocycles. The van der Waals surface area contributed by atoms with Crippen LogP contribution in [0, 0.1) is 11.8 Å². The second kappa shape index (κ2) is 3.27. The zero-order chi connectivity index (χ0) is 4.69. The summed E-state index contributed by atoms with van der Waals surface area (Å²) >= 11 is 0. The van der Waals surface area contributed by atoms with E-state index in [4.69, 9.17) is 0 Å². The fourth-order valence-electron chi connectivity index (χ4n) is 2.17. The zero-order valence-electron chi connectivity index (χ0n) is 5.69. The van der Waals surface area contributed by atoms with Crippen molar-refractivity contribution >= 4 is 58.2 Å². The molecule has 0 N–H and O–H groups in total. The van der Waals surface area contributed by atoms with Crippen molar-refractivity contribution in [3.05, 3.63) is 0 Å². The number of rotatable bonds is 0. The minimum Gasteiger partial charge on any atom is -0.0502 e. The van der Waals surface area contributed by atoms with Gasteiger partial charge >= 0.3 is 0 Å². The van der Waals surface area contributed by atoms with E-state index in [0.717, 1.165) is 0 Å². The van der Waals surface area contributed by atoms with Crippen molar-refractivity contribution in [1.82, 2.24) is 0 Å². The molecule has 2 saturated carbocycles. The maximum atomic E-state index is 1.58. The molecule has 1 radical (unpaired) electrons. The first-order chi connectivity index (χ1) is 3.45. The molecular weight excluding hydrogens is 170 g/mol. The van der Waals surface area contributed by atoms with Crippen LogP contribution in [-0.4, -0.2) is 58.2 Å². The minimum atomic E-state index is 0. The van der Waals surface area contributed by atoms with Crippen LogP contribution in [0.2, 0.25) is 0 Å². The number of fused-ring (bicyclic) bond motifs is 2. The molecule has 2 rings (SSSR count). The van der Waals surface area contributed by atoms with E-state index in [0.29, 0.717) is 0 Å². The van der Waals surface area contributed by atoms with Crippen molar-refractivity contribution in [2.24, 2.45) is 11.8 Å². The third-order valence-corrected chi connectivity index (χ3v) is 2.63. The zero-order valence-corrected chi connectivity index (χ0v) is 10.6. The Morgan fingerprint density at radius 3 is 1.25 bits per heavy atom. The molecule has 0 spiro atoms. The van der Waals surface area contributed by atoms with Gasteiger partial charge in [-0.3, -0.25) is 0 Å². The van der Waals surface area contributed by atoms with Crippen molar-refractivity contribution < 1.29 is 0 Å². The van der Waals surface area contributed by atoms with E-state index in [1.807, 2.05) is 0 Å². The second-order valence-electron chi connectivity index (χ2n) is 3.12. The molecule has 0 nitrogen and oxygen atoms in total. The Morgan fingerprint density at radius 1 is 0.750 bits per heavy atom. The molecule has 0 aromatic heterocycles. The maximum Gasteiger partial charge on any atom is 0 e. The second-order valence-corrected chi connectivity index (χ2v) is 3.12. The normalized spacial score (nSPS) is 42.0. The van der Waals surface area contributed by atoms with Crippen LogP contribution in [0.1, 0.15) is 32.1 Å². The maximum absolute atomic E-state index is 1.58. The molecule has 0 unspecified atom stereocenters. The van der Waals surface area contributed by atoms with E-state index in [1.165, 1.54) is 11.8 Å². The van der Waals surface area contributed by atoms with Gasteiger partial charge in [0.05, 0.1) is 0 Å². The Kier molecular flexibility index (Phi) is 3.23. The third kappa shape index (κ3) is 1.45. The molecule has 41 valence electrons. The van der Waals surface area contributed by atoms with Gasteiger partial charge < -0.3 is 0 Å². The summed E-state index contributed by atoms with van der Waals surface area (Å²) in [6.45, 7) is 0. The van der Waals surface area contributed by atoms with Gasteiger partial charge in [-0.2, -0.15) is 0 Å². The molecule has 2 aliphatic carbocycles. The van der Waals surface area contributed by atoms with E-state index in [-0.39, 0.29) is 58.2 Å². The largest absolute Gasteiger partial charge is 0.0502 e. The number of hydrogen-bond acceptors (Lipinski definition) is 0. The van der Waals surface area contributed by atoms with Gasteiger partial charge in [0.2, 0.25) is 0 Å². The average molecular weight is 182 g/mol. The van der Waals surface area contributed by atoms with Crippen LogP contribution in [0.3, 0.4) is 0 Å². The monoisotopic (exact) mass is 181 g/mol. The van der Waals surface area contributed by atoms with Crippen LogP contribution >= 0.6 is 0 Å². The SMILES string of the molecule is C1CC2CCC1C2.[Rb]. The summed E-state index contributed by atoms with van der Waals surface area (Å²) < 4.78 is 0. The summed E-state index contributed by atoms with van der Waals surface area (Å²) in [4.78, 5) is 0. The van der Waals surface area contributed by atoms with Gasteiger partial charge in [0.25, 0.3) is 0 Å². The van der Waals surface area contributed by atoms with E-state index >= 15 is 0 Å². The van der Waals surface area contributed by atoms with Crippen molar-refractivity contribution in [2.75, 3.05) is 0 Å². The Hall–Kier alpha value is 1.81. The molecule has 2 bridgehead atoms. The summed E-state index contributed by atoms with van der Waals surface area (Å²) in [6.07, 6.45) is 7.82. The first-order valence-corrected chi connectivity index (χ1v) is 3.45. The van der Waals surface area contributed by atoms with Crippen LogP contribution in [0.25, 0.3) is 0 Å². The molecule has 2 aliphatic rings. The standard InChI is InChI=1S/C7H12.Rb/c1-2-7-4-3-6(1)5-7;/h6-7H,1-5H2;. The fraction of sp³-hybridized carbons (Fsp3) is 1.00. The molecule has 0 aromatic carbocycles. The Morgan fingerprint density at radius 2 is 1.12 bits per heavy atom. The molecule has 0 saturated heterocycles. The van der Waals surface area contributed by atoms with Gasteiger partial charge in [0, 0.05) is 58.2 Å². The summed E-state index contributed by atoms with van der Waals surface area (Å²) in [5.41, 5.74) is 0. The van der Waals surface area contributed by atoms with Gasteiger partial charge in [0.1, 0.15) is 0 Å². The fourth-order valence-corrected chi connectivity index (χ4v) is 2.17. The van der Waals surface area contributed by atoms with Gasteiger partial charge in [-0.1, -0.05) is 25.7 Å². The number of hydrogen-bond donors (Lipinski definition) is 0. The average Bonchev–Trinajstić information content (AvgIpc) is 2.22. The smallest absolute Gasteiger partial charge is 0 e. The van der Waals surface area contributed by atoms with Gasteiger partial charge in [-0.05, 0) is 18.3 Å². The molecule has 0 amide bonds. The summed E-state index contributed by atoms with van der Waals surface area (Å²) in [7, 11) is 0. The summed E-state index contributed by atoms with van der Waals surface area (Å²) in [5.74, 6) is 2.34. The van der Waals surface area contributed by atoms with Gasteiger partial charge in [-0.15, -0.1) is 0 Å². The molecule has 2 fully saturated rings. The predicted octanol–water partition coefficient (Wildman–Crippen LogP) is 1.82. The molecule has 0 atom stereocenters. The van der Waals surface area contributed by atoms with E-state index < -0.39 is 0 Å². The molecular formula is C7H12Rb. The minimum absolute atomic E-state index is 0. The van der Waals surface area contributed by atoms with Crippen molar-refractivity contribution in [1.29, 1.82) is 0 Å². The summed E-state index contributed by atoms with van der Waals surface area (Å²) in [6, 6.07) is 0. The quantitative estimate of drug-likeness (QED) is 0.535. The Bertz CT molecular complexity index is 62.5. The van der Waals surface area contributed by atoms with Crippen LogP contribution < -0.4 is 0 Å². The van der Waals surface area contributed by atoms with E-state index in [9.17, 15) is 0 Å². The molecule has 8 heavy (non-hydrogen) atoms. The van der Waals surface area contributed by atoms with E-state index in [2.05, 4.69) is 0 Å². The molecule has 0 heterocycles. The van der Waals surface area contributed by atoms with Gasteiger partial charge in [0.15, 0.2) is 0 Å². The predicted molar refractivity (Wildman–Crippen MR) is 35.8 cm³/mol.